The van der Waals surface area contributed by atoms with Crippen molar-refractivity contribution in [1.82, 2.24) is 0 Å². The van der Waals surface area contributed by atoms with Crippen LogP contribution in [0.1, 0.15) is 13.8 Å². The summed E-state index contributed by atoms with van der Waals surface area (Å²) in [6, 6.07) is 0.259. The van der Waals surface area contributed by atoms with Crippen molar-refractivity contribution in [2.24, 2.45) is 11.5 Å². The maximum absolute atomic E-state index is 5.31. The van der Waals surface area contributed by atoms with Gasteiger partial charge in [0.25, 0.3) is 0 Å². The first kappa shape index (κ1) is 10.6. The smallest absolute Gasteiger partial charge is 0.0160 e. The molecule has 2 nitrogen and oxygen atoms in total. The quantitative estimate of drug-likeness (QED) is 0.693. The summed E-state index contributed by atoms with van der Waals surface area (Å²) >= 11 is 0. The predicted octanol–water partition coefficient (Wildman–Crippen LogP) is -0.322. The van der Waals surface area contributed by atoms with Crippen LogP contribution in [0.3, 0.4) is 0 Å². The van der Waals surface area contributed by atoms with E-state index in [2.05, 4.69) is 0 Å². The Morgan fingerprint density at radius 2 is 1.14 bits per heavy atom. The van der Waals surface area contributed by atoms with E-state index in [0.717, 1.165) is 0 Å². The molecule has 2 atom stereocenters. The van der Waals surface area contributed by atoms with E-state index >= 15 is 0 Å². The summed E-state index contributed by atoms with van der Waals surface area (Å²) in [4.78, 5) is 0. The molecule has 0 unspecified atom stereocenters. The summed E-state index contributed by atoms with van der Waals surface area (Å²) in [6.45, 7) is 3.79. The van der Waals surface area contributed by atoms with Gasteiger partial charge in [0.05, 0.1) is 0 Å². The van der Waals surface area contributed by atoms with Crippen molar-refractivity contribution in [3.63, 3.8) is 0 Å². The Balaban J connectivity index is 0. The topological polar surface area (TPSA) is 52.0 Å². The van der Waals surface area contributed by atoms with E-state index in [1.54, 1.807) is 0 Å². The molecular weight excluding hydrogens is 271 g/mol. The van der Waals surface area contributed by atoms with Gasteiger partial charge in [-0.2, -0.15) is 0 Å². The fourth-order valence-electron chi connectivity index (χ4n) is 0. The average Bonchev–Trinajstić information content (AvgIpc) is 1.36. The van der Waals surface area contributed by atoms with Crippen LogP contribution in [0.2, 0.25) is 0 Å². The molecule has 0 saturated heterocycles. The molecular formula is C4H12N2Pt. The first-order valence-electron chi connectivity index (χ1n) is 2.15. The molecule has 0 rings (SSSR count). The van der Waals surface area contributed by atoms with Gasteiger partial charge in [0.1, 0.15) is 0 Å². The summed E-state index contributed by atoms with van der Waals surface area (Å²) in [5, 5.41) is 0. The standard InChI is InChI=1S/C4H12N2.Pt/c1-3(5)4(2)6;/h3-4H,5-6H2,1-2H3;/t3-,4-;/m1./s1. The van der Waals surface area contributed by atoms with Crippen molar-refractivity contribution in [2.45, 2.75) is 25.9 Å². The second-order valence-electron chi connectivity index (χ2n) is 1.72. The molecule has 48 valence electrons. The Hall–Kier alpha value is 0.608. The third-order valence-electron chi connectivity index (χ3n) is 0.829. The van der Waals surface area contributed by atoms with Gasteiger partial charge in [-0.15, -0.1) is 0 Å². The van der Waals surface area contributed by atoms with Crippen LogP contribution in [-0.2, 0) is 21.1 Å². The van der Waals surface area contributed by atoms with Crippen LogP contribution >= 0.6 is 0 Å². The van der Waals surface area contributed by atoms with Gasteiger partial charge < -0.3 is 11.5 Å². The third kappa shape index (κ3) is 6.61. The van der Waals surface area contributed by atoms with Crippen LogP contribution in [0.15, 0.2) is 0 Å². The van der Waals surface area contributed by atoms with Crippen LogP contribution in [0.4, 0.5) is 0 Å². The molecule has 0 bridgehead atoms. The van der Waals surface area contributed by atoms with Crippen molar-refractivity contribution in [1.29, 1.82) is 0 Å². The van der Waals surface area contributed by atoms with Gasteiger partial charge in [-0.05, 0) is 13.8 Å². The monoisotopic (exact) mass is 283 g/mol. The first-order chi connectivity index (χ1) is 2.64. The maximum Gasteiger partial charge on any atom is 0.0160 e. The number of nitrogens with two attached hydrogens (primary N) is 2. The van der Waals surface area contributed by atoms with E-state index in [-0.39, 0.29) is 33.1 Å². The van der Waals surface area contributed by atoms with Crippen molar-refractivity contribution in [2.75, 3.05) is 0 Å². The molecule has 0 aliphatic rings. The molecule has 4 N–H and O–H groups in total. The SMILES string of the molecule is C[C@@H](N)[C@@H](C)N.[Pt]. The number of hydrogen-bond donors (Lipinski definition) is 2. The van der Waals surface area contributed by atoms with Gasteiger partial charge in [0.2, 0.25) is 0 Å². The Morgan fingerprint density at radius 3 is 1.14 bits per heavy atom. The predicted molar refractivity (Wildman–Crippen MR) is 27.3 cm³/mol. The van der Waals surface area contributed by atoms with E-state index in [0.29, 0.717) is 0 Å². The zero-order valence-electron chi connectivity index (χ0n) is 4.63. The number of hydrogen-bond acceptors (Lipinski definition) is 2. The van der Waals surface area contributed by atoms with Crippen molar-refractivity contribution in [3.8, 4) is 0 Å². The van der Waals surface area contributed by atoms with Gasteiger partial charge in [-0.1, -0.05) is 0 Å². The van der Waals surface area contributed by atoms with Gasteiger partial charge in [-0.25, -0.2) is 0 Å². The molecule has 7 heavy (non-hydrogen) atoms. The fourth-order valence-corrected chi connectivity index (χ4v) is 0. The summed E-state index contributed by atoms with van der Waals surface area (Å²) in [5.41, 5.74) is 10.6. The summed E-state index contributed by atoms with van der Waals surface area (Å²) in [7, 11) is 0. The third-order valence-corrected chi connectivity index (χ3v) is 0.829. The minimum absolute atomic E-state index is 0. The molecule has 0 spiro atoms. The van der Waals surface area contributed by atoms with Crippen LogP contribution in [0.25, 0.3) is 0 Å². The Morgan fingerprint density at radius 1 is 1.00 bits per heavy atom. The van der Waals surface area contributed by atoms with E-state index in [9.17, 15) is 0 Å². The normalized spacial score (nSPS) is 17.1. The zero-order valence-corrected chi connectivity index (χ0v) is 6.90. The van der Waals surface area contributed by atoms with Crippen molar-refractivity contribution >= 4 is 0 Å². The molecule has 0 saturated carbocycles. The molecule has 3 heteroatoms. The van der Waals surface area contributed by atoms with Crippen LogP contribution in [-0.4, -0.2) is 12.1 Å². The van der Waals surface area contributed by atoms with Crippen LogP contribution < -0.4 is 11.5 Å². The van der Waals surface area contributed by atoms with Gasteiger partial charge in [0.15, 0.2) is 0 Å². The minimum atomic E-state index is 0. The molecule has 0 aromatic rings. The van der Waals surface area contributed by atoms with E-state index < -0.39 is 0 Å². The Labute approximate surface area is 58.9 Å². The minimum Gasteiger partial charge on any atom is -0.327 e. The molecule has 0 fully saturated rings. The molecule has 0 amide bonds. The summed E-state index contributed by atoms with van der Waals surface area (Å²) in [5.74, 6) is 0. The van der Waals surface area contributed by atoms with Crippen molar-refractivity contribution in [3.05, 3.63) is 0 Å². The summed E-state index contributed by atoms with van der Waals surface area (Å²) < 4.78 is 0. The molecule has 0 radical (unpaired) electrons. The zero-order chi connectivity index (χ0) is 5.15. The molecule has 0 aromatic heterocycles. The van der Waals surface area contributed by atoms with Gasteiger partial charge in [0, 0.05) is 33.1 Å². The Bertz CT molecular complexity index is 30.7. The fraction of sp³-hybridized carbons (Fsp3) is 1.00. The van der Waals surface area contributed by atoms with Crippen LogP contribution in [0, 0.1) is 0 Å². The van der Waals surface area contributed by atoms with E-state index in [4.69, 9.17) is 11.5 Å². The van der Waals surface area contributed by atoms with Crippen LogP contribution in [0.5, 0.6) is 0 Å². The average molecular weight is 283 g/mol. The summed E-state index contributed by atoms with van der Waals surface area (Å²) in [6.07, 6.45) is 0. The Kier molecular flexibility index (Phi) is 7.18. The second kappa shape index (κ2) is 4.76. The molecule has 0 aliphatic carbocycles. The van der Waals surface area contributed by atoms with Crippen molar-refractivity contribution < 1.29 is 21.1 Å². The maximum atomic E-state index is 5.31. The number of rotatable bonds is 1. The largest absolute Gasteiger partial charge is 0.327 e. The van der Waals surface area contributed by atoms with Gasteiger partial charge in [-0.3, -0.25) is 0 Å². The van der Waals surface area contributed by atoms with E-state index in [1.165, 1.54) is 0 Å². The van der Waals surface area contributed by atoms with E-state index in [1.807, 2.05) is 13.8 Å². The second-order valence-corrected chi connectivity index (χ2v) is 1.72. The first-order valence-corrected chi connectivity index (χ1v) is 2.15. The molecule has 0 heterocycles. The molecule has 0 aliphatic heterocycles. The van der Waals surface area contributed by atoms with Gasteiger partial charge >= 0.3 is 0 Å². The molecule has 0 aromatic carbocycles.